The zero-order valence-electron chi connectivity index (χ0n) is 9.47. The van der Waals surface area contributed by atoms with Crippen LogP contribution in [0.15, 0.2) is 22.7 Å². The molecule has 0 heterocycles. The highest BCUT2D eigenvalue weighted by molar-refractivity contribution is 9.10. The molecule has 6 nitrogen and oxygen atoms in total. The predicted molar refractivity (Wildman–Crippen MR) is 66.9 cm³/mol. The monoisotopic (exact) mass is 325 g/mol. The van der Waals surface area contributed by atoms with Crippen LogP contribution in [0.2, 0.25) is 0 Å². The number of benzene rings is 1. The first-order chi connectivity index (χ1) is 8.91. The standard InChI is InChI=1S/C12H8BrNO5/c13-5-1-2-6-7(3-5)11(18)9(10(6)17)12(19)14-4-8(15)16/h1-3,9H,4H2,(H,14,19)(H,15,16). The summed E-state index contributed by atoms with van der Waals surface area (Å²) in [7, 11) is 0. The molecule has 0 spiro atoms. The molecule has 1 aromatic carbocycles. The third kappa shape index (κ3) is 2.41. The Morgan fingerprint density at radius 1 is 1.21 bits per heavy atom. The van der Waals surface area contributed by atoms with Gasteiger partial charge in [0, 0.05) is 15.6 Å². The Kier molecular flexibility index (Phi) is 3.48. The fourth-order valence-electron chi connectivity index (χ4n) is 1.87. The summed E-state index contributed by atoms with van der Waals surface area (Å²) in [6, 6.07) is 4.53. The maximum Gasteiger partial charge on any atom is 0.322 e. The van der Waals surface area contributed by atoms with Gasteiger partial charge in [0.1, 0.15) is 6.54 Å². The summed E-state index contributed by atoms with van der Waals surface area (Å²) in [5, 5.41) is 10.5. The van der Waals surface area contributed by atoms with E-state index in [0.717, 1.165) is 0 Å². The second-order valence-electron chi connectivity index (χ2n) is 3.96. The number of aliphatic carboxylic acids is 1. The SMILES string of the molecule is O=C(O)CNC(=O)C1C(=O)c2ccc(Br)cc2C1=O. The van der Waals surface area contributed by atoms with E-state index in [0.29, 0.717) is 4.47 Å². The maximum atomic E-state index is 12.0. The lowest BCUT2D eigenvalue weighted by molar-refractivity contribution is -0.138. The number of ketones is 2. The van der Waals surface area contributed by atoms with Gasteiger partial charge in [-0.3, -0.25) is 19.2 Å². The van der Waals surface area contributed by atoms with E-state index < -0.39 is 35.9 Å². The van der Waals surface area contributed by atoms with Crippen LogP contribution in [0, 0.1) is 5.92 Å². The van der Waals surface area contributed by atoms with Crippen LogP contribution >= 0.6 is 15.9 Å². The van der Waals surface area contributed by atoms with Crippen LogP contribution in [0.1, 0.15) is 20.7 Å². The van der Waals surface area contributed by atoms with Crippen molar-refractivity contribution in [1.82, 2.24) is 5.32 Å². The number of fused-ring (bicyclic) bond motifs is 1. The molecule has 0 fully saturated rings. The third-order valence-corrected chi connectivity index (χ3v) is 3.21. The molecule has 0 bridgehead atoms. The molecule has 1 unspecified atom stereocenters. The number of hydrogen-bond acceptors (Lipinski definition) is 4. The number of halogens is 1. The molecular weight excluding hydrogens is 318 g/mol. The Hall–Kier alpha value is -2.02. The fourth-order valence-corrected chi connectivity index (χ4v) is 2.23. The fraction of sp³-hybridized carbons (Fsp3) is 0.167. The van der Waals surface area contributed by atoms with Crippen LogP contribution in [0.5, 0.6) is 0 Å². The average Bonchev–Trinajstić information content (AvgIpc) is 2.59. The largest absolute Gasteiger partial charge is 0.480 e. The van der Waals surface area contributed by atoms with Crippen molar-refractivity contribution in [3.63, 3.8) is 0 Å². The lowest BCUT2D eigenvalue weighted by Crippen LogP contribution is -2.39. The maximum absolute atomic E-state index is 12.0. The van der Waals surface area contributed by atoms with Gasteiger partial charge in [-0.15, -0.1) is 0 Å². The van der Waals surface area contributed by atoms with Crippen LogP contribution < -0.4 is 5.32 Å². The molecule has 98 valence electrons. The number of carbonyl (C=O) groups is 4. The summed E-state index contributed by atoms with van der Waals surface area (Å²) in [6.45, 7) is -0.629. The van der Waals surface area contributed by atoms with Gasteiger partial charge in [0.05, 0.1) is 0 Å². The molecule has 0 saturated carbocycles. The molecule has 1 aromatic rings. The molecule has 0 aliphatic heterocycles. The summed E-state index contributed by atoms with van der Waals surface area (Å²) in [4.78, 5) is 46.0. The van der Waals surface area contributed by atoms with Gasteiger partial charge in [-0.05, 0) is 18.2 Å². The number of carboxylic acid groups (broad SMARTS) is 1. The van der Waals surface area contributed by atoms with E-state index >= 15 is 0 Å². The number of rotatable bonds is 3. The van der Waals surface area contributed by atoms with Crippen LogP contribution in [-0.2, 0) is 9.59 Å². The van der Waals surface area contributed by atoms with Crippen LogP contribution in [0.3, 0.4) is 0 Å². The summed E-state index contributed by atoms with van der Waals surface area (Å²) < 4.78 is 0.624. The molecule has 1 amide bonds. The van der Waals surface area contributed by atoms with Gasteiger partial charge in [0.25, 0.3) is 0 Å². The normalized spacial score (nSPS) is 17.2. The highest BCUT2D eigenvalue weighted by Crippen LogP contribution is 2.29. The number of carboxylic acids is 1. The molecule has 1 atom stereocenters. The van der Waals surface area contributed by atoms with Gasteiger partial charge < -0.3 is 10.4 Å². The third-order valence-electron chi connectivity index (χ3n) is 2.71. The zero-order valence-corrected chi connectivity index (χ0v) is 11.1. The number of amides is 1. The average molecular weight is 326 g/mol. The Labute approximate surface area is 115 Å². The zero-order chi connectivity index (χ0) is 14.2. The van der Waals surface area contributed by atoms with Crippen LogP contribution in [-0.4, -0.2) is 35.1 Å². The first-order valence-corrected chi connectivity index (χ1v) is 6.08. The minimum absolute atomic E-state index is 0.176. The van der Waals surface area contributed by atoms with Gasteiger partial charge in [-0.2, -0.15) is 0 Å². The molecule has 1 aliphatic rings. The van der Waals surface area contributed by atoms with E-state index in [2.05, 4.69) is 15.9 Å². The molecule has 2 rings (SSSR count). The highest BCUT2D eigenvalue weighted by Gasteiger charge is 2.43. The minimum Gasteiger partial charge on any atom is -0.480 e. The van der Waals surface area contributed by atoms with Crippen molar-refractivity contribution in [2.75, 3.05) is 6.54 Å². The smallest absolute Gasteiger partial charge is 0.322 e. The number of hydrogen-bond donors (Lipinski definition) is 2. The Bertz CT molecular complexity index is 610. The van der Waals surface area contributed by atoms with Gasteiger partial charge in [0.15, 0.2) is 17.5 Å². The Balaban J connectivity index is 2.27. The van der Waals surface area contributed by atoms with E-state index in [9.17, 15) is 19.2 Å². The molecular formula is C12H8BrNO5. The van der Waals surface area contributed by atoms with Gasteiger partial charge in [-0.1, -0.05) is 15.9 Å². The summed E-state index contributed by atoms with van der Waals surface area (Å²) in [5.74, 6) is -4.82. The number of Topliss-reactive ketones (excluding diaryl/α,β-unsaturated/α-hetero) is 2. The van der Waals surface area contributed by atoms with Crippen molar-refractivity contribution in [3.8, 4) is 0 Å². The lowest BCUT2D eigenvalue weighted by Gasteiger charge is -2.06. The molecule has 0 aromatic heterocycles. The Morgan fingerprint density at radius 3 is 2.47 bits per heavy atom. The first-order valence-electron chi connectivity index (χ1n) is 5.29. The molecule has 2 N–H and O–H groups in total. The molecule has 19 heavy (non-hydrogen) atoms. The number of carbonyl (C=O) groups excluding carboxylic acids is 3. The van der Waals surface area contributed by atoms with Crippen molar-refractivity contribution in [2.24, 2.45) is 5.92 Å². The number of nitrogens with one attached hydrogen (secondary N) is 1. The van der Waals surface area contributed by atoms with E-state index in [1.165, 1.54) is 12.1 Å². The molecule has 1 aliphatic carbocycles. The van der Waals surface area contributed by atoms with Crippen molar-refractivity contribution in [1.29, 1.82) is 0 Å². The van der Waals surface area contributed by atoms with Crippen molar-refractivity contribution in [2.45, 2.75) is 0 Å². The van der Waals surface area contributed by atoms with Crippen molar-refractivity contribution >= 4 is 39.4 Å². The highest BCUT2D eigenvalue weighted by atomic mass is 79.9. The summed E-state index contributed by atoms with van der Waals surface area (Å²) in [6.07, 6.45) is 0. The van der Waals surface area contributed by atoms with E-state index in [-0.39, 0.29) is 11.1 Å². The minimum atomic E-state index is -1.48. The topological polar surface area (TPSA) is 101 Å². The van der Waals surface area contributed by atoms with Gasteiger partial charge >= 0.3 is 5.97 Å². The quantitative estimate of drug-likeness (QED) is 0.794. The summed E-state index contributed by atoms with van der Waals surface area (Å²) >= 11 is 3.18. The van der Waals surface area contributed by atoms with Crippen molar-refractivity contribution < 1.29 is 24.3 Å². The second kappa shape index (κ2) is 4.93. The van der Waals surface area contributed by atoms with Crippen molar-refractivity contribution in [3.05, 3.63) is 33.8 Å². The molecule has 0 saturated heterocycles. The van der Waals surface area contributed by atoms with Gasteiger partial charge in [0.2, 0.25) is 5.91 Å². The van der Waals surface area contributed by atoms with Crippen LogP contribution in [0.4, 0.5) is 0 Å². The lowest BCUT2D eigenvalue weighted by atomic mass is 10.0. The van der Waals surface area contributed by atoms with Crippen LogP contribution in [0.25, 0.3) is 0 Å². The van der Waals surface area contributed by atoms with E-state index in [4.69, 9.17) is 5.11 Å². The first kappa shape index (κ1) is 13.4. The van der Waals surface area contributed by atoms with Gasteiger partial charge in [-0.25, -0.2) is 0 Å². The summed E-state index contributed by atoms with van der Waals surface area (Å²) in [5.41, 5.74) is 0.360. The molecule has 0 radical (unpaired) electrons. The molecule has 7 heteroatoms. The van der Waals surface area contributed by atoms with E-state index in [1.54, 1.807) is 6.07 Å². The second-order valence-corrected chi connectivity index (χ2v) is 4.88. The predicted octanol–water partition coefficient (Wildman–Crippen LogP) is 0.645. The Morgan fingerprint density at radius 2 is 1.84 bits per heavy atom. The van der Waals surface area contributed by atoms with E-state index in [1.807, 2.05) is 5.32 Å².